The molecule has 0 heterocycles. The van der Waals surface area contributed by atoms with Gasteiger partial charge in [-0.25, -0.2) is 0 Å². The zero-order valence-electron chi connectivity index (χ0n) is 19.9. The molecule has 1 fully saturated rings. The van der Waals surface area contributed by atoms with Crippen LogP contribution in [0.1, 0.15) is 75.8 Å². The van der Waals surface area contributed by atoms with Crippen molar-refractivity contribution in [3.8, 4) is 0 Å². The lowest BCUT2D eigenvalue weighted by atomic mass is 9.64. The van der Waals surface area contributed by atoms with E-state index in [0.29, 0.717) is 24.5 Å². The molecule has 1 saturated carbocycles. The molecular formula is C28H38ClNO3. The average Bonchev–Trinajstić information content (AvgIpc) is 2.82. The number of carbonyl (C=O) groups is 1. The van der Waals surface area contributed by atoms with Crippen molar-refractivity contribution in [1.82, 2.24) is 5.32 Å². The predicted molar refractivity (Wildman–Crippen MR) is 134 cm³/mol. The largest absolute Gasteiger partial charge is 0.466 e. The van der Waals surface area contributed by atoms with Crippen LogP contribution in [0.2, 0.25) is 5.02 Å². The van der Waals surface area contributed by atoms with Crippen molar-refractivity contribution in [2.45, 2.75) is 76.4 Å². The van der Waals surface area contributed by atoms with E-state index in [9.17, 15) is 9.90 Å². The van der Waals surface area contributed by atoms with Gasteiger partial charge in [-0.1, -0.05) is 86.7 Å². The topological polar surface area (TPSA) is 58.6 Å². The van der Waals surface area contributed by atoms with Gasteiger partial charge in [0.15, 0.2) is 0 Å². The first-order valence-corrected chi connectivity index (χ1v) is 12.8. The van der Waals surface area contributed by atoms with Crippen LogP contribution in [0.15, 0.2) is 54.6 Å². The molecule has 3 rings (SSSR count). The molecule has 2 aromatic rings. The minimum absolute atomic E-state index is 0.155. The van der Waals surface area contributed by atoms with E-state index in [1.807, 2.05) is 61.5 Å². The number of rotatable bonds is 11. The van der Waals surface area contributed by atoms with E-state index in [1.165, 1.54) is 25.7 Å². The molecule has 0 spiro atoms. The van der Waals surface area contributed by atoms with E-state index < -0.39 is 5.60 Å². The Bertz CT molecular complexity index is 857. The van der Waals surface area contributed by atoms with Gasteiger partial charge in [0.05, 0.1) is 18.1 Å². The number of hydrogen-bond acceptors (Lipinski definition) is 4. The van der Waals surface area contributed by atoms with Crippen LogP contribution in [-0.2, 0) is 15.1 Å². The lowest BCUT2D eigenvalue weighted by Crippen LogP contribution is -2.53. The third-order valence-corrected chi connectivity index (χ3v) is 7.09. The predicted octanol–water partition coefficient (Wildman–Crippen LogP) is 6.21. The van der Waals surface area contributed by atoms with Crippen molar-refractivity contribution in [3.05, 3.63) is 70.7 Å². The second-order valence-electron chi connectivity index (χ2n) is 9.22. The molecule has 5 heteroatoms. The first-order chi connectivity index (χ1) is 16.0. The summed E-state index contributed by atoms with van der Waals surface area (Å²) in [5.74, 6) is -0.694. The van der Waals surface area contributed by atoms with Crippen molar-refractivity contribution >= 4 is 17.6 Å². The van der Waals surface area contributed by atoms with Gasteiger partial charge in [-0.05, 0) is 56.0 Å². The van der Waals surface area contributed by atoms with Gasteiger partial charge < -0.3 is 15.2 Å². The van der Waals surface area contributed by atoms with E-state index in [0.717, 1.165) is 24.1 Å². The molecule has 0 amide bonds. The van der Waals surface area contributed by atoms with Crippen LogP contribution in [0.25, 0.3) is 0 Å². The first-order valence-electron chi connectivity index (χ1n) is 12.4. The molecule has 180 valence electrons. The summed E-state index contributed by atoms with van der Waals surface area (Å²) < 4.78 is 5.53. The Morgan fingerprint density at radius 2 is 1.73 bits per heavy atom. The molecule has 4 nitrogen and oxygen atoms in total. The molecule has 0 bridgehead atoms. The van der Waals surface area contributed by atoms with E-state index >= 15 is 0 Å². The molecule has 1 aliphatic rings. The Morgan fingerprint density at radius 3 is 2.39 bits per heavy atom. The fourth-order valence-electron chi connectivity index (χ4n) is 5.15. The lowest BCUT2D eigenvalue weighted by Gasteiger charge is -2.46. The second-order valence-corrected chi connectivity index (χ2v) is 9.65. The van der Waals surface area contributed by atoms with Crippen molar-refractivity contribution in [1.29, 1.82) is 0 Å². The normalized spacial score (nSPS) is 25.0. The van der Waals surface area contributed by atoms with Crippen LogP contribution < -0.4 is 5.32 Å². The van der Waals surface area contributed by atoms with Crippen molar-refractivity contribution in [2.75, 3.05) is 13.2 Å². The molecule has 2 aromatic carbocycles. The maximum absolute atomic E-state index is 13.2. The van der Waals surface area contributed by atoms with Gasteiger partial charge >= 0.3 is 5.97 Å². The number of hydrogen-bond donors (Lipinski definition) is 2. The van der Waals surface area contributed by atoms with Crippen LogP contribution in [-0.4, -0.2) is 30.3 Å². The molecular weight excluding hydrogens is 434 g/mol. The highest BCUT2D eigenvalue weighted by molar-refractivity contribution is 6.30. The zero-order chi connectivity index (χ0) is 23.7. The van der Waals surface area contributed by atoms with E-state index in [2.05, 4.69) is 12.2 Å². The van der Waals surface area contributed by atoms with Crippen molar-refractivity contribution in [2.24, 2.45) is 5.92 Å². The van der Waals surface area contributed by atoms with Gasteiger partial charge in [0.25, 0.3) is 0 Å². The van der Waals surface area contributed by atoms with Crippen LogP contribution in [0.5, 0.6) is 0 Å². The molecule has 33 heavy (non-hydrogen) atoms. The lowest BCUT2D eigenvalue weighted by molar-refractivity contribution is -0.154. The number of halogens is 1. The fourth-order valence-corrected chi connectivity index (χ4v) is 5.27. The van der Waals surface area contributed by atoms with Gasteiger partial charge in [-0.2, -0.15) is 0 Å². The summed E-state index contributed by atoms with van der Waals surface area (Å²) in [7, 11) is 0. The highest BCUT2D eigenvalue weighted by Crippen LogP contribution is 2.48. The number of aliphatic hydroxyl groups is 1. The fraction of sp³-hybridized carbons (Fsp3) is 0.536. The maximum Gasteiger partial charge on any atom is 0.311 e. The highest BCUT2D eigenvalue weighted by atomic mass is 35.5. The maximum atomic E-state index is 13.2. The minimum Gasteiger partial charge on any atom is -0.466 e. The van der Waals surface area contributed by atoms with Crippen LogP contribution in [0, 0.1) is 5.92 Å². The van der Waals surface area contributed by atoms with Gasteiger partial charge in [0, 0.05) is 17.0 Å². The number of unbranched alkanes of at least 4 members (excludes halogenated alkanes) is 4. The Morgan fingerprint density at radius 1 is 1.03 bits per heavy atom. The number of carbonyl (C=O) groups excluding carboxylic acids is 1. The Labute approximate surface area is 203 Å². The van der Waals surface area contributed by atoms with Crippen molar-refractivity contribution in [3.63, 3.8) is 0 Å². The summed E-state index contributed by atoms with van der Waals surface area (Å²) >= 11 is 6.11. The van der Waals surface area contributed by atoms with Gasteiger partial charge in [-0.3, -0.25) is 4.79 Å². The van der Waals surface area contributed by atoms with E-state index in [4.69, 9.17) is 16.3 Å². The number of esters is 1. The highest BCUT2D eigenvalue weighted by Gasteiger charge is 2.49. The van der Waals surface area contributed by atoms with Crippen molar-refractivity contribution < 1.29 is 14.6 Å². The number of benzene rings is 2. The quantitative estimate of drug-likeness (QED) is 0.302. The Kier molecular flexibility index (Phi) is 9.78. The summed E-state index contributed by atoms with van der Waals surface area (Å²) in [4.78, 5) is 13.2. The molecule has 1 aliphatic carbocycles. The molecule has 2 N–H and O–H groups in total. The van der Waals surface area contributed by atoms with E-state index in [-0.39, 0.29) is 23.8 Å². The molecule has 0 saturated heterocycles. The Hall–Kier alpha value is -1.88. The summed E-state index contributed by atoms with van der Waals surface area (Å²) in [6.07, 6.45) is 6.83. The first kappa shape index (κ1) is 25.7. The average molecular weight is 472 g/mol. The van der Waals surface area contributed by atoms with Gasteiger partial charge in [-0.15, -0.1) is 0 Å². The SMILES string of the molecule is CCCCCCCN[C@H]1C[C@](O)(c2ccc(Cl)cc2)C[C@H](c2ccccc2)[C@H]1C(=O)OCC. The third kappa shape index (κ3) is 6.81. The standard InChI is InChI=1S/C28H38ClNO3/c1-3-5-6-7-11-18-30-25-20-28(32,22-14-16-23(29)17-15-22)19-24(21-12-9-8-10-13-21)26(25)27(31)33-4-2/h8-10,12-17,24-26,30,32H,3-7,11,18-20H2,1-2H3/t24-,25+,26-,28+/m1/s1. The monoisotopic (exact) mass is 471 g/mol. The minimum atomic E-state index is -1.06. The zero-order valence-corrected chi connectivity index (χ0v) is 20.7. The number of ether oxygens (including phenoxy) is 1. The smallest absolute Gasteiger partial charge is 0.311 e. The second kappa shape index (κ2) is 12.5. The van der Waals surface area contributed by atoms with Crippen LogP contribution in [0.3, 0.4) is 0 Å². The number of nitrogens with one attached hydrogen (secondary N) is 1. The molecule has 4 atom stereocenters. The summed E-state index contributed by atoms with van der Waals surface area (Å²) in [6, 6.07) is 17.3. The summed E-state index contributed by atoms with van der Waals surface area (Å²) in [5, 5.41) is 16.2. The van der Waals surface area contributed by atoms with E-state index in [1.54, 1.807) is 0 Å². The third-order valence-electron chi connectivity index (χ3n) is 6.84. The van der Waals surface area contributed by atoms with Crippen LogP contribution in [0.4, 0.5) is 0 Å². The van der Waals surface area contributed by atoms with Gasteiger partial charge in [0.1, 0.15) is 0 Å². The summed E-state index contributed by atoms with van der Waals surface area (Å²) in [5.41, 5.74) is 0.829. The van der Waals surface area contributed by atoms with Gasteiger partial charge in [0.2, 0.25) is 0 Å². The van der Waals surface area contributed by atoms with Crippen LogP contribution >= 0.6 is 11.6 Å². The molecule has 0 aromatic heterocycles. The molecule has 0 unspecified atom stereocenters. The Balaban J connectivity index is 1.90. The molecule has 0 aliphatic heterocycles. The molecule has 0 radical (unpaired) electrons. The summed E-state index contributed by atoms with van der Waals surface area (Å²) in [6.45, 7) is 5.23.